The predicted molar refractivity (Wildman–Crippen MR) is 103 cm³/mol. The molecule has 2 N–H and O–H groups in total. The third-order valence-electron chi connectivity index (χ3n) is 3.97. The molecule has 0 heterocycles. The minimum absolute atomic E-state index is 0.116. The first kappa shape index (κ1) is 20.0. The molecule has 138 valence electrons. The molecule has 0 aliphatic rings. The van der Waals surface area contributed by atoms with Crippen molar-refractivity contribution < 1.29 is 14.7 Å². The average molecular weight is 372 g/mol. The van der Waals surface area contributed by atoms with Crippen LogP contribution in [0.15, 0.2) is 64.4 Å². The van der Waals surface area contributed by atoms with E-state index in [1.54, 1.807) is 18.7 Å². The van der Waals surface area contributed by atoms with Crippen molar-refractivity contribution in [2.75, 3.05) is 13.1 Å². The van der Waals surface area contributed by atoms with Gasteiger partial charge in [-0.15, -0.1) is 0 Å². The number of rotatable bonds is 9. The number of nitrogens with zero attached hydrogens (tertiary/aromatic N) is 1. The maximum Gasteiger partial charge on any atom is 0.320 e. The summed E-state index contributed by atoms with van der Waals surface area (Å²) in [5, 5.41) is 12.0. The standard InChI is InChI=1S/C20H24N2O3S/c1-15(20(24)25)22(13-12-21-16(2)23)14-17-8-10-19(11-9-17)26-18-6-4-3-5-7-18/h3-11,15H,12-14H2,1-2H3,(H,21,23)(H,24,25). The summed E-state index contributed by atoms with van der Waals surface area (Å²) < 4.78 is 0. The number of carboxylic acids is 1. The van der Waals surface area contributed by atoms with Crippen molar-refractivity contribution in [1.29, 1.82) is 0 Å². The Balaban J connectivity index is 2.00. The Kier molecular flexibility index (Phi) is 7.69. The van der Waals surface area contributed by atoms with Crippen LogP contribution in [-0.4, -0.2) is 41.0 Å². The third-order valence-corrected chi connectivity index (χ3v) is 4.98. The first-order valence-corrected chi connectivity index (χ1v) is 9.30. The van der Waals surface area contributed by atoms with E-state index in [2.05, 4.69) is 17.4 Å². The highest BCUT2D eigenvalue weighted by Crippen LogP contribution is 2.27. The van der Waals surface area contributed by atoms with E-state index in [1.807, 2.05) is 47.4 Å². The second-order valence-electron chi connectivity index (χ2n) is 6.03. The number of carbonyl (C=O) groups is 2. The number of hydrogen-bond donors (Lipinski definition) is 2. The summed E-state index contributed by atoms with van der Waals surface area (Å²) in [4.78, 5) is 26.5. The summed E-state index contributed by atoms with van der Waals surface area (Å²) in [6.07, 6.45) is 0. The summed E-state index contributed by atoms with van der Waals surface area (Å²) >= 11 is 1.69. The quantitative estimate of drug-likeness (QED) is 0.707. The van der Waals surface area contributed by atoms with E-state index in [-0.39, 0.29) is 5.91 Å². The van der Waals surface area contributed by atoms with Crippen LogP contribution in [0.1, 0.15) is 19.4 Å². The molecule has 0 spiro atoms. The van der Waals surface area contributed by atoms with Gasteiger partial charge in [-0.1, -0.05) is 42.1 Å². The van der Waals surface area contributed by atoms with Crippen molar-refractivity contribution in [3.05, 3.63) is 60.2 Å². The molecule has 0 fully saturated rings. The van der Waals surface area contributed by atoms with Gasteiger partial charge in [0.05, 0.1) is 0 Å². The van der Waals surface area contributed by atoms with Gasteiger partial charge in [-0.05, 0) is 36.8 Å². The second-order valence-corrected chi connectivity index (χ2v) is 7.17. The van der Waals surface area contributed by atoms with Crippen molar-refractivity contribution >= 4 is 23.6 Å². The largest absolute Gasteiger partial charge is 0.480 e. The Bertz CT molecular complexity index is 720. The SMILES string of the molecule is CC(=O)NCCN(Cc1ccc(Sc2ccccc2)cc1)C(C)C(=O)O. The molecule has 2 rings (SSSR count). The molecule has 2 aromatic carbocycles. The van der Waals surface area contributed by atoms with Gasteiger partial charge in [-0.3, -0.25) is 14.5 Å². The zero-order valence-electron chi connectivity index (χ0n) is 15.0. The van der Waals surface area contributed by atoms with Crippen LogP contribution in [0.4, 0.5) is 0 Å². The lowest BCUT2D eigenvalue weighted by atomic mass is 10.2. The lowest BCUT2D eigenvalue weighted by Gasteiger charge is -2.26. The number of hydrogen-bond acceptors (Lipinski definition) is 4. The fraction of sp³-hybridized carbons (Fsp3) is 0.300. The molecular weight excluding hydrogens is 348 g/mol. The number of amides is 1. The van der Waals surface area contributed by atoms with Gasteiger partial charge in [0.2, 0.25) is 5.91 Å². The number of benzene rings is 2. The van der Waals surface area contributed by atoms with E-state index >= 15 is 0 Å². The van der Waals surface area contributed by atoms with E-state index in [9.17, 15) is 14.7 Å². The summed E-state index contributed by atoms with van der Waals surface area (Å²) in [5.41, 5.74) is 1.04. The maximum absolute atomic E-state index is 11.4. The Morgan fingerprint density at radius 3 is 2.27 bits per heavy atom. The molecule has 5 nitrogen and oxygen atoms in total. The maximum atomic E-state index is 11.4. The Morgan fingerprint density at radius 1 is 1.08 bits per heavy atom. The molecule has 1 atom stereocenters. The molecule has 0 aromatic heterocycles. The van der Waals surface area contributed by atoms with Crippen LogP contribution in [0.25, 0.3) is 0 Å². The topological polar surface area (TPSA) is 69.6 Å². The highest BCUT2D eigenvalue weighted by atomic mass is 32.2. The van der Waals surface area contributed by atoms with Gasteiger partial charge < -0.3 is 10.4 Å². The molecule has 1 amide bonds. The molecule has 2 aromatic rings. The molecule has 0 saturated carbocycles. The van der Waals surface area contributed by atoms with Gasteiger partial charge in [0.25, 0.3) is 0 Å². The molecular formula is C20H24N2O3S. The predicted octanol–water partition coefficient (Wildman–Crippen LogP) is 3.25. The van der Waals surface area contributed by atoms with Crippen LogP contribution in [-0.2, 0) is 16.1 Å². The van der Waals surface area contributed by atoms with E-state index < -0.39 is 12.0 Å². The lowest BCUT2D eigenvalue weighted by molar-refractivity contribution is -0.142. The molecule has 0 radical (unpaired) electrons. The van der Waals surface area contributed by atoms with E-state index in [1.165, 1.54) is 11.8 Å². The molecule has 0 aliphatic heterocycles. The number of carbonyl (C=O) groups excluding carboxylic acids is 1. The zero-order chi connectivity index (χ0) is 18.9. The number of aliphatic carboxylic acids is 1. The van der Waals surface area contributed by atoms with Crippen molar-refractivity contribution in [2.45, 2.75) is 36.2 Å². The normalized spacial score (nSPS) is 12.0. The molecule has 26 heavy (non-hydrogen) atoms. The Hall–Kier alpha value is -2.31. The molecule has 0 aliphatic carbocycles. The molecule has 6 heteroatoms. The van der Waals surface area contributed by atoms with Crippen molar-refractivity contribution in [1.82, 2.24) is 10.2 Å². The van der Waals surface area contributed by atoms with Crippen molar-refractivity contribution in [2.24, 2.45) is 0 Å². The average Bonchev–Trinajstić information content (AvgIpc) is 2.62. The van der Waals surface area contributed by atoms with E-state index in [4.69, 9.17) is 0 Å². The van der Waals surface area contributed by atoms with Crippen molar-refractivity contribution in [3.8, 4) is 0 Å². The van der Waals surface area contributed by atoms with Crippen molar-refractivity contribution in [3.63, 3.8) is 0 Å². The summed E-state index contributed by atoms with van der Waals surface area (Å²) in [6, 6.07) is 17.7. The summed E-state index contributed by atoms with van der Waals surface area (Å²) in [6.45, 7) is 4.54. The monoisotopic (exact) mass is 372 g/mol. The van der Waals surface area contributed by atoms with Gasteiger partial charge in [0.15, 0.2) is 0 Å². The van der Waals surface area contributed by atoms with Gasteiger partial charge in [-0.25, -0.2) is 0 Å². The van der Waals surface area contributed by atoms with E-state index in [0.717, 1.165) is 10.5 Å². The highest BCUT2D eigenvalue weighted by Gasteiger charge is 2.20. The van der Waals surface area contributed by atoms with Crippen LogP contribution in [0.2, 0.25) is 0 Å². The number of carboxylic acid groups (broad SMARTS) is 1. The molecule has 0 bridgehead atoms. The molecule has 1 unspecified atom stereocenters. The summed E-state index contributed by atoms with van der Waals surface area (Å²) in [7, 11) is 0. The van der Waals surface area contributed by atoms with Crippen LogP contribution < -0.4 is 5.32 Å². The second kappa shape index (κ2) is 9.99. The fourth-order valence-electron chi connectivity index (χ4n) is 2.46. The van der Waals surface area contributed by atoms with Gasteiger partial charge in [-0.2, -0.15) is 0 Å². The van der Waals surface area contributed by atoms with Gasteiger partial charge in [0, 0.05) is 36.3 Å². The third kappa shape index (κ3) is 6.54. The Morgan fingerprint density at radius 2 is 1.69 bits per heavy atom. The first-order valence-electron chi connectivity index (χ1n) is 8.49. The highest BCUT2D eigenvalue weighted by molar-refractivity contribution is 7.99. The first-order chi connectivity index (χ1) is 12.5. The van der Waals surface area contributed by atoms with Crippen LogP contribution in [0.3, 0.4) is 0 Å². The van der Waals surface area contributed by atoms with Crippen LogP contribution >= 0.6 is 11.8 Å². The fourth-order valence-corrected chi connectivity index (χ4v) is 3.30. The minimum atomic E-state index is -0.871. The Labute approximate surface area is 158 Å². The zero-order valence-corrected chi connectivity index (χ0v) is 15.8. The molecule has 0 saturated heterocycles. The number of nitrogens with one attached hydrogen (secondary N) is 1. The van der Waals surface area contributed by atoms with Gasteiger partial charge >= 0.3 is 5.97 Å². The smallest absolute Gasteiger partial charge is 0.320 e. The minimum Gasteiger partial charge on any atom is -0.480 e. The lowest BCUT2D eigenvalue weighted by Crippen LogP contribution is -2.42. The van der Waals surface area contributed by atoms with Crippen LogP contribution in [0.5, 0.6) is 0 Å². The van der Waals surface area contributed by atoms with Crippen LogP contribution in [0, 0.1) is 0 Å². The summed E-state index contributed by atoms with van der Waals surface area (Å²) in [5.74, 6) is -0.987. The van der Waals surface area contributed by atoms with Gasteiger partial charge in [0.1, 0.15) is 6.04 Å². The van der Waals surface area contributed by atoms with E-state index in [0.29, 0.717) is 19.6 Å².